The van der Waals surface area contributed by atoms with Crippen LogP contribution in [0.3, 0.4) is 0 Å². The van der Waals surface area contributed by atoms with E-state index in [1.807, 2.05) is 0 Å². The van der Waals surface area contributed by atoms with E-state index in [9.17, 15) is 15.3 Å². The lowest BCUT2D eigenvalue weighted by Crippen LogP contribution is -2.65. The molecule has 5 saturated carbocycles. The van der Waals surface area contributed by atoms with Gasteiger partial charge in [-0.2, -0.15) is 0 Å². The van der Waals surface area contributed by atoms with E-state index in [1.165, 1.54) is 70.6 Å². The van der Waals surface area contributed by atoms with Crippen LogP contribution in [0.2, 0.25) is 0 Å². The molecule has 5 fully saturated rings. The summed E-state index contributed by atoms with van der Waals surface area (Å²) < 4.78 is 0. The van der Waals surface area contributed by atoms with E-state index in [0.29, 0.717) is 45.3 Å². The molecule has 4 nitrogen and oxygen atoms in total. The summed E-state index contributed by atoms with van der Waals surface area (Å²) >= 11 is 0. The number of hydrogen-bond donors (Lipinski definition) is 4. The molecule has 39 heavy (non-hydrogen) atoms. The predicted molar refractivity (Wildman–Crippen MR) is 158 cm³/mol. The van der Waals surface area contributed by atoms with Gasteiger partial charge in [-0.3, -0.25) is 0 Å². The van der Waals surface area contributed by atoms with E-state index < -0.39 is 24.9 Å². The molecule has 5 aliphatic rings. The zero-order valence-corrected chi connectivity index (χ0v) is 26.4. The Labute approximate surface area is 239 Å². The molecule has 226 valence electrons. The summed E-state index contributed by atoms with van der Waals surface area (Å²) in [6.07, 6.45) is 13.2. The third-order valence-electron chi connectivity index (χ3n) is 15.4. The van der Waals surface area contributed by atoms with Crippen LogP contribution in [0.5, 0.6) is 0 Å². The number of rotatable bonds is 7. The Hall–Kier alpha value is -0.160. The first kappa shape index (κ1) is 30.3. The van der Waals surface area contributed by atoms with Crippen molar-refractivity contribution in [2.75, 3.05) is 6.61 Å². The molecule has 13 atom stereocenters. The summed E-state index contributed by atoms with van der Waals surface area (Å²) in [4.78, 5) is 0. The minimum Gasteiger partial charge on any atom is -0.394 e. The Balaban J connectivity index is 1.33. The topological polar surface area (TPSA) is 80.9 Å². The molecule has 0 saturated heterocycles. The van der Waals surface area contributed by atoms with Gasteiger partial charge in [0.05, 0.1) is 12.7 Å². The minimum absolute atomic E-state index is 0.411. The van der Waals surface area contributed by atoms with Gasteiger partial charge in [0.25, 0.3) is 0 Å². The molecule has 5 rings (SSSR count). The van der Waals surface area contributed by atoms with Crippen molar-refractivity contribution in [1.29, 1.82) is 0 Å². The Morgan fingerprint density at radius 3 is 1.90 bits per heavy atom. The molecule has 0 heterocycles. The van der Waals surface area contributed by atoms with Crippen molar-refractivity contribution in [3.63, 3.8) is 0 Å². The summed E-state index contributed by atoms with van der Waals surface area (Å²) in [5.41, 5.74) is 2.27. The second-order valence-electron chi connectivity index (χ2n) is 17.2. The highest BCUT2D eigenvalue weighted by Gasteiger charge is 2.70. The fraction of sp³-hybridized carbons (Fsp3) is 1.00. The largest absolute Gasteiger partial charge is 0.394 e. The van der Waals surface area contributed by atoms with Gasteiger partial charge in [0.15, 0.2) is 0 Å². The normalized spacial score (nSPS) is 50.1. The van der Waals surface area contributed by atoms with Crippen molar-refractivity contribution < 1.29 is 20.4 Å². The number of fused-ring (bicyclic) bond motifs is 7. The van der Waals surface area contributed by atoms with Gasteiger partial charge in [-0.05, 0) is 140 Å². The quantitative estimate of drug-likeness (QED) is 0.278. The first-order valence-electron chi connectivity index (χ1n) is 16.8. The van der Waals surface area contributed by atoms with Crippen molar-refractivity contribution >= 4 is 0 Å². The van der Waals surface area contributed by atoms with E-state index in [-0.39, 0.29) is 0 Å². The van der Waals surface area contributed by atoms with Gasteiger partial charge >= 0.3 is 0 Å². The summed E-state index contributed by atoms with van der Waals surface area (Å²) in [6.45, 7) is 17.9. The number of hydrogen-bond acceptors (Lipinski definition) is 4. The summed E-state index contributed by atoms with van der Waals surface area (Å²) in [6, 6.07) is 0. The van der Waals surface area contributed by atoms with Crippen molar-refractivity contribution in [1.82, 2.24) is 0 Å². The molecule has 0 aromatic carbocycles. The van der Waals surface area contributed by atoms with Crippen LogP contribution in [0, 0.1) is 62.6 Å². The van der Waals surface area contributed by atoms with Crippen LogP contribution in [0.15, 0.2) is 0 Å². The maximum atomic E-state index is 10.4. The number of aliphatic hydroxyl groups excluding tert-OH is 4. The van der Waals surface area contributed by atoms with E-state index in [1.54, 1.807) is 0 Å². The SMILES string of the molecule is C[C@@H](CC[C@@H](O)[C@@H](O)[C@@H](O)CO)[C@H]1CC[C@]2(C)[C@H]3CC[C@@H]4[C@@]5(C)CCCC(C)(C)[C@@H]5CC[C@@]4(C)[C@]3(C)CC[C@@H]12. The van der Waals surface area contributed by atoms with Crippen LogP contribution < -0.4 is 0 Å². The van der Waals surface area contributed by atoms with E-state index in [2.05, 4.69) is 48.5 Å². The molecule has 0 aromatic heterocycles. The maximum absolute atomic E-state index is 10.4. The summed E-state index contributed by atoms with van der Waals surface area (Å²) in [7, 11) is 0. The Morgan fingerprint density at radius 2 is 1.26 bits per heavy atom. The van der Waals surface area contributed by atoms with E-state index in [0.717, 1.165) is 30.1 Å². The molecule has 0 unspecified atom stereocenters. The number of aliphatic hydroxyl groups is 4. The molecule has 0 amide bonds. The van der Waals surface area contributed by atoms with Crippen molar-refractivity contribution in [3.8, 4) is 0 Å². The first-order valence-corrected chi connectivity index (χ1v) is 16.8. The highest BCUT2D eigenvalue weighted by atomic mass is 16.4. The van der Waals surface area contributed by atoms with Crippen LogP contribution in [0.25, 0.3) is 0 Å². The van der Waals surface area contributed by atoms with Crippen molar-refractivity contribution in [2.45, 2.75) is 150 Å². The highest BCUT2D eigenvalue weighted by Crippen LogP contribution is 2.78. The zero-order valence-electron chi connectivity index (χ0n) is 26.4. The average Bonchev–Trinajstić information content (AvgIpc) is 3.23. The predicted octanol–water partition coefficient (Wildman–Crippen LogP) is 6.97. The lowest BCUT2D eigenvalue weighted by Gasteiger charge is -2.73. The van der Waals surface area contributed by atoms with Gasteiger partial charge in [0.2, 0.25) is 0 Å². The van der Waals surface area contributed by atoms with Crippen LogP contribution in [0.4, 0.5) is 0 Å². The van der Waals surface area contributed by atoms with Gasteiger partial charge in [0.1, 0.15) is 12.2 Å². The Morgan fingerprint density at radius 1 is 0.641 bits per heavy atom. The fourth-order valence-electron chi connectivity index (χ4n) is 13.2. The van der Waals surface area contributed by atoms with Crippen LogP contribution in [0.1, 0.15) is 132 Å². The van der Waals surface area contributed by atoms with Gasteiger partial charge < -0.3 is 20.4 Å². The van der Waals surface area contributed by atoms with Gasteiger partial charge in [-0.15, -0.1) is 0 Å². The standard InChI is InChI=1S/C35H62O4/c1-22(9-10-25(37)30(39)26(38)21-36)23-13-18-32(4)24(23)14-19-34(6)28(32)11-12-29-33(5)17-8-16-31(2,3)27(33)15-20-35(29,34)7/h22-30,36-39H,8-21H2,1-7H3/t22-,23+,24-,25+,26-,27-,28+,29+,30+,32-,33-,34+,35+/m0/s1. The van der Waals surface area contributed by atoms with Gasteiger partial charge in [-0.1, -0.05) is 54.9 Å². The van der Waals surface area contributed by atoms with Crippen LogP contribution in [-0.4, -0.2) is 45.3 Å². The lowest BCUT2D eigenvalue weighted by molar-refractivity contribution is -0.241. The molecule has 5 aliphatic carbocycles. The Kier molecular flexibility index (Phi) is 7.95. The molecular weight excluding hydrogens is 484 g/mol. The summed E-state index contributed by atoms with van der Waals surface area (Å²) in [5.74, 6) is 4.50. The molecule has 0 radical (unpaired) electrons. The smallest absolute Gasteiger partial charge is 0.108 e. The molecule has 0 aromatic rings. The third-order valence-corrected chi connectivity index (χ3v) is 15.4. The molecule has 0 aliphatic heterocycles. The van der Waals surface area contributed by atoms with Crippen LogP contribution in [-0.2, 0) is 0 Å². The average molecular weight is 547 g/mol. The molecule has 4 N–H and O–H groups in total. The van der Waals surface area contributed by atoms with E-state index >= 15 is 0 Å². The second-order valence-corrected chi connectivity index (χ2v) is 17.2. The van der Waals surface area contributed by atoms with Gasteiger partial charge in [0, 0.05) is 0 Å². The molecule has 0 spiro atoms. The van der Waals surface area contributed by atoms with Crippen LogP contribution >= 0.6 is 0 Å². The maximum Gasteiger partial charge on any atom is 0.108 e. The molecule has 4 heteroatoms. The fourth-order valence-corrected chi connectivity index (χ4v) is 13.2. The molecule has 0 bridgehead atoms. The first-order chi connectivity index (χ1) is 18.2. The lowest BCUT2D eigenvalue weighted by atomic mass is 9.32. The zero-order chi connectivity index (χ0) is 28.6. The second kappa shape index (κ2) is 10.2. The van der Waals surface area contributed by atoms with E-state index in [4.69, 9.17) is 5.11 Å². The monoisotopic (exact) mass is 546 g/mol. The minimum atomic E-state index is -1.27. The van der Waals surface area contributed by atoms with Gasteiger partial charge in [-0.25, -0.2) is 0 Å². The molecular formula is C35H62O4. The van der Waals surface area contributed by atoms with Crippen molar-refractivity contribution in [3.05, 3.63) is 0 Å². The third kappa shape index (κ3) is 4.42. The summed E-state index contributed by atoms with van der Waals surface area (Å²) in [5, 5.41) is 39.5. The van der Waals surface area contributed by atoms with Crippen molar-refractivity contribution in [2.24, 2.45) is 62.6 Å². The Bertz CT molecular complexity index is 888. The highest BCUT2D eigenvalue weighted by molar-refractivity contribution is 5.19.